The number of hydrogen-bond donors (Lipinski definition) is 3. The maximum Gasteiger partial charge on any atom is 0.273 e. The SMILES string of the molecule is CCNc1cc(NCC(=O)NC(C)(C)C)cc([N+](=O)[O-])c1. The Hall–Kier alpha value is -2.31. The molecule has 0 aliphatic carbocycles. The topological polar surface area (TPSA) is 96.3 Å². The zero-order valence-electron chi connectivity index (χ0n) is 12.8. The summed E-state index contributed by atoms with van der Waals surface area (Å²) in [4.78, 5) is 22.2. The van der Waals surface area contributed by atoms with Gasteiger partial charge in [-0.2, -0.15) is 0 Å². The average Bonchev–Trinajstić information content (AvgIpc) is 2.34. The van der Waals surface area contributed by atoms with Crippen molar-refractivity contribution in [3.63, 3.8) is 0 Å². The molecular weight excluding hydrogens is 272 g/mol. The Kier molecular flexibility index (Phi) is 5.52. The van der Waals surface area contributed by atoms with E-state index in [0.717, 1.165) is 0 Å². The highest BCUT2D eigenvalue weighted by Gasteiger charge is 2.14. The summed E-state index contributed by atoms with van der Waals surface area (Å²) in [5.41, 5.74) is 0.845. The Labute approximate surface area is 124 Å². The van der Waals surface area contributed by atoms with Crippen LogP contribution in [0, 0.1) is 10.1 Å². The Morgan fingerprint density at radius 2 is 1.76 bits per heavy atom. The van der Waals surface area contributed by atoms with Gasteiger partial charge < -0.3 is 16.0 Å². The maximum absolute atomic E-state index is 11.7. The van der Waals surface area contributed by atoms with Crippen molar-refractivity contribution in [2.75, 3.05) is 23.7 Å². The van der Waals surface area contributed by atoms with Gasteiger partial charge in [0.05, 0.1) is 11.5 Å². The Balaban J connectivity index is 2.78. The summed E-state index contributed by atoms with van der Waals surface area (Å²) in [5.74, 6) is -0.168. The van der Waals surface area contributed by atoms with E-state index in [1.165, 1.54) is 12.1 Å². The number of anilines is 2. The fourth-order valence-electron chi connectivity index (χ4n) is 1.77. The predicted octanol–water partition coefficient (Wildman–Crippen LogP) is 2.35. The first-order valence-electron chi connectivity index (χ1n) is 6.79. The number of benzene rings is 1. The van der Waals surface area contributed by atoms with Gasteiger partial charge in [-0.25, -0.2) is 0 Å². The van der Waals surface area contributed by atoms with Crippen LogP contribution in [-0.2, 0) is 4.79 Å². The molecule has 1 aromatic rings. The van der Waals surface area contributed by atoms with Gasteiger partial charge >= 0.3 is 0 Å². The lowest BCUT2D eigenvalue weighted by molar-refractivity contribution is -0.384. The van der Waals surface area contributed by atoms with E-state index >= 15 is 0 Å². The molecule has 0 fully saturated rings. The first-order valence-corrected chi connectivity index (χ1v) is 6.79. The second-order valence-corrected chi connectivity index (χ2v) is 5.71. The maximum atomic E-state index is 11.7. The minimum atomic E-state index is -0.457. The van der Waals surface area contributed by atoms with Crippen LogP contribution in [-0.4, -0.2) is 29.5 Å². The smallest absolute Gasteiger partial charge is 0.273 e. The van der Waals surface area contributed by atoms with Gasteiger partial charge in [-0.1, -0.05) is 0 Å². The van der Waals surface area contributed by atoms with E-state index in [2.05, 4.69) is 16.0 Å². The molecule has 0 saturated carbocycles. The molecule has 0 aromatic heterocycles. The van der Waals surface area contributed by atoms with Crippen LogP contribution >= 0.6 is 0 Å². The van der Waals surface area contributed by atoms with Crippen LogP contribution in [0.3, 0.4) is 0 Å². The van der Waals surface area contributed by atoms with Gasteiger partial charge in [0.1, 0.15) is 0 Å². The molecule has 21 heavy (non-hydrogen) atoms. The van der Waals surface area contributed by atoms with E-state index in [0.29, 0.717) is 17.9 Å². The third-order valence-electron chi connectivity index (χ3n) is 2.48. The lowest BCUT2D eigenvalue weighted by atomic mass is 10.1. The molecule has 0 heterocycles. The molecule has 0 aliphatic heterocycles. The van der Waals surface area contributed by atoms with Crippen LogP contribution in [0.1, 0.15) is 27.7 Å². The van der Waals surface area contributed by atoms with Gasteiger partial charge in [0.25, 0.3) is 5.69 Å². The molecule has 0 aliphatic rings. The van der Waals surface area contributed by atoms with Crippen molar-refractivity contribution in [1.29, 1.82) is 0 Å². The van der Waals surface area contributed by atoms with Gasteiger partial charge in [-0.05, 0) is 33.8 Å². The Morgan fingerprint density at radius 1 is 1.19 bits per heavy atom. The molecule has 1 rings (SSSR count). The molecule has 7 heteroatoms. The monoisotopic (exact) mass is 294 g/mol. The van der Waals surface area contributed by atoms with Crippen LogP contribution < -0.4 is 16.0 Å². The standard InChI is InChI=1S/C14H22N4O3/c1-5-15-10-6-11(8-12(7-10)18(20)21)16-9-13(19)17-14(2,3)4/h6-8,15-16H,5,9H2,1-4H3,(H,17,19). The number of carbonyl (C=O) groups excluding carboxylic acids is 1. The zero-order chi connectivity index (χ0) is 16.0. The molecule has 0 radical (unpaired) electrons. The summed E-state index contributed by atoms with van der Waals surface area (Å²) in [5, 5.41) is 19.7. The normalized spacial score (nSPS) is 10.9. The van der Waals surface area contributed by atoms with Crippen LogP contribution in [0.4, 0.5) is 17.1 Å². The zero-order valence-corrected chi connectivity index (χ0v) is 12.8. The van der Waals surface area contributed by atoms with Crippen molar-refractivity contribution in [1.82, 2.24) is 5.32 Å². The summed E-state index contributed by atoms with van der Waals surface area (Å²) in [6.45, 7) is 8.29. The highest BCUT2D eigenvalue weighted by molar-refractivity contribution is 5.81. The van der Waals surface area contributed by atoms with E-state index in [9.17, 15) is 14.9 Å². The number of carbonyl (C=O) groups is 1. The summed E-state index contributed by atoms with van der Waals surface area (Å²) in [6, 6.07) is 4.61. The summed E-state index contributed by atoms with van der Waals surface area (Å²) in [6.07, 6.45) is 0. The van der Waals surface area contributed by atoms with E-state index in [4.69, 9.17) is 0 Å². The summed E-state index contributed by atoms with van der Waals surface area (Å²) in [7, 11) is 0. The van der Waals surface area contributed by atoms with Gasteiger partial charge in [0, 0.05) is 35.6 Å². The number of nitro benzene ring substituents is 1. The lowest BCUT2D eigenvalue weighted by Gasteiger charge is -2.20. The van der Waals surface area contributed by atoms with Crippen LogP contribution in [0.2, 0.25) is 0 Å². The largest absolute Gasteiger partial charge is 0.385 e. The number of rotatable bonds is 6. The second-order valence-electron chi connectivity index (χ2n) is 5.71. The van der Waals surface area contributed by atoms with E-state index in [1.54, 1.807) is 6.07 Å². The van der Waals surface area contributed by atoms with Gasteiger partial charge in [-0.15, -0.1) is 0 Å². The van der Waals surface area contributed by atoms with Crippen LogP contribution in [0.25, 0.3) is 0 Å². The number of nitro groups is 1. The molecule has 1 aromatic carbocycles. The van der Waals surface area contributed by atoms with Crippen molar-refractivity contribution in [3.8, 4) is 0 Å². The number of amides is 1. The fraction of sp³-hybridized carbons (Fsp3) is 0.500. The first kappa shape index (κ1) is 16.7. The molecule has 0 saturated heterocycles. The molecule has 116 valence electrons. The second kappa shape index (κ2) is 6.92. The van der Waals surface area contributed by atoms with Gasteiger partial charge in [-0.3, -0.25) is 14.9 Å². The van der Waals surface area contributed by atoms with Crippen LogP contribution in [0.15, 0.2) is 18.2 Å². The van der Waals surface area contributed by atoms with Crippen molar-refractivity contribution in [2.24, 2.45) is 0 Å². The number of nitrogens with one attached hydrogen (secondary N) is 3. The van der Waals surface area contributed by atoms with E-state index in [1.807, 2.05) is 27.7 Å². The highest BCUT2D eigenvalue weighted by Crippen LogP contribution is 2.24. The average molecular weight is 294 g/mol. The van der Waals surface area contributed by atoms with Gasteiger partial charge in [0.2, 0.25) is 5.91 Å². The summed E-state index contributed by atoms with van der Waals surface area (Å²) >= 11 is 0. The summed E-state index contributed by atoms with van der Waals surface area (Å²) < 4.78 is 0. The molecule has 0 unspecified atom stereocenters. The third-order valence-corrected chi connectivity index (χ3v) is 2.48. The molecule has 0 atom stereocenters. The van der Waals surface area contributed by atoms with Crippen molar-refractivity contribution in [3.05, 3.63) is 28.3 Å². The van der Waals surface area contributed by atoms with E-state index in [-0.39, 0.29) is 23.7 Å². The molecule has 0 bridgehead atoms. The molecule has 0 spiro atoms. The van der Waals surface area contributed by atoms with Crippen molar-refractivity contribution in [2.45, 2.75) is 33.2 Å². The number of nitrogens with zero attached hydrogens (tertiary/aromatic N) is 1. The molecule has 1 amide bonds. The Morgan fingerprint density at radius 3 is 2.24 bits per heavy atom. The predicted molar refractivity (Wildman–Crippen MR) is 83.6 cm³/mol. The number of non-ortho nitro benzene ring substituents is 1. The van der Waals surface area contributed by atoms with Crippen molar-refractivity contribution >= 4 is 23.0 Å². The van der Waals surface area contributed by atoms with E-state index < -0.39 is 4.92 Å². The fourth-order valence-corrected chi connectivity index (χ4v) is 1.77. The van der Waals surface area contributed by atoms with Gasteiger partial charge in [0.15, 0.2) is 0 Å². The first-order chi connectivity index (χ1) is 9.71. The van der Waals surface area contributed by atoms with Crippen LogP contribution in [0.5, 0.6) is 0 Å². The quantitative estimate of drug-likeness (QED) is 0.553. The minimum Gasteiger partial charge on any atom is -0.385 e. The third kappa shape index (κ3) is 6.11. The lowest BCUT2D eigenvalue weighted by Crippen LogP contribution is -2.43. The highest BCUT2D eigenvalue weighted by atomic mass is 16.6. The number of hydrogen-bond acceptors (Lipinski definition) is 5. The molecular formula is C14H22N4O3. The molecule has 7 nitrogen and oxygen atoms in total. The molecule has 3 N–H and O–H groups in total. The van der Waals surface area contributed by atoms with Crippen molar-refractivity contribution < 1.29 is 9.72 Å². The Bertz CT molecular complexity index is 523. The minimum absolute atomic E-state index is 0.0211.